The van der Waals surface area contributed by atoms with E-state index in [1.165, 1.54) is 4.68 Å². The predicted octanol–water partition coefficient (Wildman–Crippen LogP) is 1.52. The second kappa shape index (κ2) is 3.13. The van der Waals surface area contributed by atoms with Crippen LogP contribution in [0, 0.1) is 0 Å². The Morgan fingerprint density at radius 3 is 2.45 bits per heavy atom. The average Bonchev–Trinajstić information content (AvgIpc) is 2.31. The minimum Gasteiger partial charge on any atom is -0.226 e. The first kappa shape index (κ1) is 9.03. The maximum atomic E-state index is 5.55. The summed E-state index contributed by atoms with van der Waals surface area (Å²) in [7, 11) is 0. The maximum absolute atomic E-state index is 5.55. The molecule has 62 valence electrons. The SMILES string of the molecule is CCn1nnnc1C(Cl)(Cl)Cl. The predicted molar refractivity (Wildman–Crippen MR) is 42.7 cm³/mol. The van der Waals surface area contributed by atoms with Crippen LogP contribution < -0.4 is 0 Å². The zero-order valence-corrected chi connectivity index (χ0v) is 7.90. The van der Waals surface area contributed by atoms with Crippen LogP contribution in [0.3, 0.4) is 0 Å². The first-order valence-electron chi connectivity index (χ1n) is 2.89. The number of rotatable bonds is 1. The average molecular weight is 215 g/mol. The highest BCUT2D eigenvalue weighted by molar-refractivity contribution is 6.66. The number of aromatic nitrogens is 4. The fraction of sp³-hybridized carbons (Fsp3) is 0.750. The van der Waals surface area contributed by atoms with E-state index in [9.17, 15) is 0 Å². The molecule has 0 N–H and O–H groups in total. The van der Waals surface area contributed by atoms with Crippen molar-refractivity contribution >= 4 is 34.8 Å². The van der Waals surface area contributed by atoms with Crippen LogP contribution in [0.25, 0.3) is 0 Å². The normalized spacial score (nSPS) is 12.0. The fourth-order valence-corrected chi connectivity index (χ4v) is 1.03. The van der Waals surface area contributed by atoms with E-state index in [2.05, 4.69) is 15.5 Å². The zero-order chi connectivity index (χ0) is 8.48. The molecule has 0 amide bonds. The van der Waals surface area contributed by atoms with Gasteiger partial charge in [-0.1, -0.05) is 34.8 Å². The van der Waals surface area contributed by atoms with Crippen molar-refractivity contribution in [3.05, 3.63) is 5.82 Å². The van der Waals surface area contributed by atoms with Gasteiger partial charge in [-0.05, 0) is 17.4 Å². The molecule has 1 aromatic rings. The van der Waals surface area contributed by atoms with Crippen molar-refractivity contribution in [1.82, 2.24) is 20.2 Å². The van der Waals surface area contributed by atoms with Gasteiger partial charge in [0.05, 0.1) is 0 Å². The van der Waals surface area contributed by atoms with Crippen molar-refractivity contribution in [3.63, 3.8) is 0 Å². The molecule has 1 rings (SSSR count). The van der Waals surface area contributed by atoms with Crippen molar-refractivity contribution in [2.45, 2.75) is 17.3 Å². The zero-order valence-electron chi connectivity index (χ0n) is 5.63. The highest BCUT2D eigenvalue weighted by Gasteiger charge is 2.29. The van der Waals surface area contributed by atoms with Crippen LogP contribution in [0.2, 0.25) is 0 Å². The number of nitrogens with zero attached hydrogens (tertiary/aromatic N) is 4. The molecule has 0 unspecified atom stereocenters. The van der Waals surface area contributed by atoms with Crippen LogP contribution >= 0.6 is 34.8 Å². The van der Waals surface area contributed by atoms with E-state index in [0.29, 0.717) is 6.54 Å². The highest BCUT2D eigenvalue weighted by Crippen LogP contribution is 2.35. The topological polar surface area (TPSA) is 43.6 Å². The monoisotopic (exact) mass is 214 g/mol. The van der Waals surface area contributed by atoms with E-state index < -0.39 is 3.79 Å². The van der Waals surface area contributed by atoms with Crippen molar-refractivity contribution in [3.8, 4) is 0 Å². The Morgan fingerprint density at radius 1 is 1.45 bits per heavy atom. The molecule has 0 aliphatic rings. The molecule has 1 heterocycles. The molecular formula is C4H5Cl3N4. The van der Waals surface area contributed by atoms with Gasteiger partial charge in [0.25, 0.3) is 3.79 Å². The minimum absolute atomic E-state index is 0.241. The Bertz CT molecular complexity index is 240. The Balaban J connectivity index is 3.02. The second-order valence-corrected chi connectivity index (χ2v) is 4.10. The highest BCUT2D eigenvalue weighted by atomic mass is 35.6. The second-order valence-electron chi connectivity index (χ2n) is 1.82. The minimum atomic E-state index is -1.54. The molecule has 0 atom stereocenters. The summed E-state index contributed by atoms with van der Waals surface area (Å²) in [5.41, 5.74) is 0. The summed E-state index contributed by atoms with van der Waals surface area (Å²) in [6.07, 6.45) is 0. The van der Waals surface area contributed by atoms with Gasteiger partial charge in [0.2, 0.25) is 5.82 Å². The molecule has 1 aromatic heterocycles. The summed E-state index contributed by atoms with van der Waals surface area (Å²) in [4.78, 5) is 0. The first-order chi connectivity index (χ1) is 5.05. The van der Waals surface area contributed by atoms with Crippen molar-refractivity contribution in [2.75, 3.05) is 0 Å². The molecule has 0 spiro atoms. The summed E-state index contributed by atoms with van der Waals surface area (Å²) in [5, 5.41) is 10.5. The number of hydrogen-bond donors (Lipinski definition) is 0. The number of hydrogen-bond acceptors (Lipinski definition) is 3. The largest absolute Gasteiger partial charge is 0.251 e. The molecule has 4 nitrogen and oxygen atoms in total. The molecule has 0 fully saturated rings. The van der Waals surface area contributed by atoms with Gasteiger partial charge in [0.1, 0.15) is 0 Å². The summed E-state index contributed by atoms with van der Waals surface area (Å²) < 4.78 is -0.119. The van der Waals surface area contributed by atoms with E-state index in [1.54, 1.807) is 0 Å². The summed E-state index contributed by atoms with van der Waals surface area (Å²) in [6, 6.07) is 0. The van der Waals surface area contributed by atoms with E-state index in [4.69, 9.17) is 34.8 Å². The van der Waals surface area contributed by atoms with Gasteiger partial charge in [-0.2, -0.15) is 0 Å². The van der Waals surface area contributed by atoms with Crippen molar-refractivity contribution in [2.24, 2.45) is 0 Å². The number of alkyl halides is 3. The van der Waals surface area contributed by atoms with Gasteiger partial charge in [-0.3, -0.25) is 0 Å². The summed E-state index contributed by atoms with van der Waals surface area (Å²) in [5.74, 6) is 0.241. The standard InChI is InChI=1S/C4H5Cl3N4/c1-2-11-3(4(5,6)7)8-9-10-11/h2H2,1H3. The summed E-state index contributed by atoms with van der Waals surface area (Å²) >= 11 is 16.7. The smallest absolute Gasteiger partial charge is 0.226 e. The van der Waals surface area contributed by atoms with Gasteiger partial charge in [0.15, 0.2) is 0 Å². The van der Waals surface area contributed by atoms with E-state index in [0.717, 1.165) is 0 Å². The van der Waals surface area contributed by atoms with Gasteiger partial charge < -0.3 is 0 Å². The molecule has 7 heteroatoms. The van der Waals surface area contributed by atoms with Crippen molar-refractivity contribution < 1.29 is 0 Å². The number of tetrazole rings is 1. The molecule has 11 heavy (non-hydrogen) atoms. The third kappa shape index (κ3) is 1.95. The van der Waals surface area contributed by atoms with E-state index >= 15 is 0 Å². The van der Waals surface area contributed by atoms with Crippen LogP contribution in [-0.2, 0) is 10.3 Å². The van der Waals surface area contributed by atoms with Crippen LogP contribution in [0.15, 0.2) is 0 Å². The molecule has 0 aliphatic heterocycles. The Morgan fingerprint density at radius 2 is 2.09 bits per heavy atom. The van der Waals surface area contributed by atoms with E-state index in [-0.39, 0.29) is 5.82 Å². The Labute approximate surface area is 78.4 Å². The molecule has 0 aromatic carbocycles. The molecule has 0 radical (unpaired) electrons. The Hall–Kier alpha value is -0.0600. The quantitative estimate of drug-likeness (QED) is 0.667. The van der Waals surface area contributed by atoms with Crippen LogP contribution in [0.5, 0.6) is 0 Å². The van der Waals surface area contributed by atoms with Gasteiger partial charge in [-0.25, -0.2) is 4.68 Å². The van der Waals surface area contributed by atoms with Crippen LogP contribution in [0.4, 0.5) is 0 Å². The van der Waals surface area contributed by atoms with Gasteiger partial charge in [0, 0.05) is 6.54 Å². The summed E-state index contributed by atoms with van der Waals surface area (Å²) in [6.45, 7) is 2.44. The lowest BCUT2D eigenvalue weighted by Crippen LogP contribution is -2.12. The molecular weight excluding hydrogens is 210 g/mol. The molecule has 0 saturated heterocycles. The maximum Gasteiger partial charge on any atom is 0.251 e. The van der Waals surface area contributed by atoms with Crippen LogP contribution in [0.1, 0.15) is 12.7 Å². The van der Waals surface area contributed by atoms with Crippen LogP contribution in [-0.4, -0.2) is 20.2 Å². The fourth-order valence-electron chi connectivity index (χ4n) is 0.621. The van der Waals surface area contributed by atoms with Gasteiger partial charge in [-0.15, -0.1) is 5.10 Å². The lowest BCUT2D eigenvalue weighted by Gasteiger charge is -2.08. The third-order valence-corrected chi connectivity index (χ3v) is 1.59. The molecule has 0 aliphatic carbocycles. The van der Waals surface area contributed by atoms with Crippen molar-refractivity contribution in [1.29, 1.82) is 0 Å². The van der Waals surface area contributed by atoms with E-state index in [1.807, 2.05) is 6.92 Å². The van der Waals surface area contributed by atoms with Gasteiger partial charge >= 0.3 is 0 Å². The molecule has 0 bridgehead atoms. The number of aryl methyl sites for hydroxylation is 1. The lowest BCUT2D eigenvalue weighted by atomic mass is 10.6. The number of halogens is 3. The third-order valence-electron chi connectivity index (χ3n) is 1.08. The first-order valence-corrected chi connectivity index (χ1v) is 4.02. The lowest BCUT2D eigenvalue weighted by molar-refractivity contribution is 0.602. The molecule has 0 saturated carbocycles. The Kier molecular flexibility index (Phi) is 2.57.